The molecule has 3 heteroatoms. The van der Waals surface area contributed by atoms with Crippen molar-refractivity contribution < 1.29 is 4.79 Å². The molecule has 124 valence electrons. The fraction of sp³-hybridized carbons (Fsp3) is 0.450. The predicted octanol–water partition coefficient (Wildman–Crippen LogP) is 5.30. The van der Waals surface area contributed by atoms with Gasteiger partial charge < -0.3 is 4.79 Å². The molecule has 1 unspecified atom stereocenters. The molecule has 0 aromatic heterocycles. The van der Waals surface area contributed by atoms with E-state index >= 15 is 0 Å². The van der Waals surface area contributed by atoms with E-state index in [1.54, 1.807) is 0 Å². The largest absolute Gasteiger partial charge is 0.302 e. The second-order valence-corrected chi connectivity index (χ2v) is 6.98. The van der Waals surface area contributed by atoms with Gasteiger partial charge in [0.25, 0.3) is 0 Å². The summed E-state index contributed by atoms with van der Waals surface area (Å²) in [7, 11) is 0. The van der Waals surface area contributed by atoms with Crippen LogP contribution in [0.25, 0.3) is 12.2 Å². The number of allylic oxidation sites excluding steroid dienone is 2. The second kappa shape index (κ2) is 8.07. The topological polar surface area (TPSA) is 20.3 Å². The van der Waals surface area contributed by atoms with E-state index in [0.29, 0.717) is 0 Å². The molecular weight excluding hydrogens is 350 g/mol. The Bertz CT molecular complexity index is 646. The lowest BCUT2D eigenvalue weighted by molar-refractivity contribution is -0.111. The van der Waals surface area contributed by atoms with Gasteiger partial charge in [0.05, 0.1) is 6.04 Å². The summed E-state index contributed by atoms with van der Waals surface area (Å²) in [6, 6.07) is 0.0622. The molecule has 2 rings (SSSR count). The Kier molecular flexibility index (Phi) is 6.37. The molecule has 23 heavy (non-hydrogen) atoms. The van der Waals surface area contributed by atoms with Gasteiger partial charge in [-0.05, 0) is 90.8 Å². The molecule has 0 N–H and O–H groups in total. The number of benzene rings is 1. The molecule has 0 bridgehead atoms. The van der Waals surface area contributed by atoms with Gasteiger partial charge in [-0.15, -0.1) is 0 Å². The highest BCUT2D eigenvalue weighted by molar-refractivity contribution is 9.10. The molecule has 1 saturated heterocycles. The van der Waals surface area contributed by atoms with Gasteiger partial charge >= 0.3 is 0 Å². The van der Waals surface area contributed by atoms with Gasteiger partial charge in [-0.2, -0.15) is 0 Å². The van der Waals surface area contributed by atoms with Crippen molar-refractivity contribution in [2.75, 3.05) is 6.54 Å². The number of hydrogen-bond acceptors (Lipinski definition) is 2. The van der Waals surface area contributed by atoms with Crippen LogP contribution in [-0.4, -0.2) is 23.8 Å². The standard InChI is InChI=1S/C20H26BrNO/c1-5-8-17-14(3)15(4)18(9-6-2)20(21)19(17)12-22-11-7-10-16(22)13-23/h5-6,8-9,13,16H,7,10-12H2,1-4H3/b8-5-,9-6-. The minimum atomic E-state index is 0.0622. The normalized spacial score (nSPS) is 19.3. The summed E-state index contributed by atoms with van der Waals surface area (Å²) in [4.78, 5) is 13.6. The van der Waals surface area contributed by atoms with Gasteiger partial charge in [0.15, 0.2) is 0 Å². The molecule has 1 aliphatic rings. The van der Waals surface area contributed by atoms with Crippen molar-refractivity contribution in [2.24, 2.45) is 0 Å². The molecular formula is C20H26BrNO. The maximum atomic E-state index is 11.3. The molecule has 1 aromatic carbocycles. The number of halogens is 1. The number of carbonyl (C=O) groups excluding carboxylic acids is 1. The summed E-state index contributed by atoms with van der Waals surface area (Å²) >= 11 is 3.84. The summed E-state index contributed by atoms with van der Waals surface area (Å²) in [5, 5.41) is 0. The molecule has 1 fully saturated rings. The van der Waals surface area contributed by atoms with Crippen molar-refractivity contribution in [1.82, 2.24) is 4.90 Å². The van der Waals surface area contributed by atoms with Crippen LogP contribution >= 0.6 is 15.9 Å². The summed E-state index contributed by atoms with van der Waals surface area (Å²) in [6.07, 6.45) is 11.7. The lowest BCUT2D eigenvalue weighted by Crippen LogP contribution is -2.30. The fourth-order valence-corrected chi connectivity index (χ4v) is 4.16. The van der Waals surface area contributed by atoms with E-state index in [2.05, 4.69) is 65.9 Å². The molecule has 1 heterocycles. The molecule has 1 aliphatic heterocycles. The van der Waals surface area contributed by atoms with Crippen molar-refractivity contribution in [3.8, 4) is 0 Å². The van der Waals surface area contributed by atoms with Crippen molar-refractivity contribution >= 4 is 34.4 Å². The third-order valence-electron chi connectivity index (χ3n) is 4.80. The molecule has 0 aliphatic carbocycles. The van der Waals surface area contributed by atoms with Crippen molar-refractivity contribution in [3.05, 3.63) is 44.4 Å². The van der Waals surface area contributed by atoms with Crippen LogP contribution < -0.4 is 0 Å². The lowest BCUT2D eigenvalue weighted by atomic mass is 9.92. The number of hydrogen-bond donors (Lipinski definition) is 0. The van der Waals surface area contributed by atoms with Gasteiger partial charge in [-0.3, -0.25) is 4.90 Å². The Morgan fingerprint density at radius 3 is 2.35 bits per heavy atom. The van der Waals surface area contributed by atoms with E-state index in [-0.39, 0.29) is 6.04 Å². The highest BCUT2D eigenvalue weighted by Gasteiger charge is 2.26. The number of nitrogens with zero attached hydrogens (tertiary/aromatic N) is 1. The van der Waals surface area contributed by atoms with Crippen LogP contribution in [0.3, 0.4) is 0 Å². The summed E-state index contributed by atoms with van der Waals surface area (Å²) in [6.45, 7) is 10.3. The van der Waals surface area contributed by atoms with E-state index in [1.807, 2.05) is 6.92 Å². The first kappa shape index (κ1) is 18.2. The first-order chi connectivity index (χ1) is 11.0. The van der Waals surface area contributed by atoms with Gasteiger partial charge in [0.2, 0.25) is 0 Å². The SMILES string of the molecule is C/C=C\c1c(C)c(C)c(/C=C\C)c(CN2CCCC2C=O)c1Br. The van der Waals surface area contributed by atoms with Crippen molar-refractivity contribution in [3.63, 3.8) is 0 Å². The third-order valence-corrected chi connectivity index (χ3v) is 5.70. The zero-order chi connectivity index (χ0) is 17.0. The van der Waals surface area contributed by atoms with Crippen LogP contribution in [0.5, 0.6) is 0 Å². The Labute approximate surface area is 148 Å². The van der Waals surface area contributed by atoms with Gasteiger partial charge in [-0.1, -0.05) is 24.3 Å². The molecule has 2 nitrogen and oxygen atoms in total. The van der Waals surface area contributed by atoms with E-state index < -0.39 is 0 Å². The average molecular weight is 376 g/mol. The van der Waals surface area contributed by atoms with Crippen molar-refractivity contribution in [1.29, 1.82) is 0 Å². The van der Waals surface area contributed by atoms with Crippen molar-refractivity contribution in [2.45, 2.75) is 53.1 Å². The predicted molar refractivity (Wildman–Crippen MR) is 103 cm³/mol. The minimum Gasteiger partial charge on any atom is -0.302 e. The first-order valence-corrected chi connectivity index (χ1v) is 9.10. The van der Waals surface area contributed by atoms with Gasteiger partial charge in [0, 0.05) is 11.0 Å². The van der Waals surface area contributed by atoms with Crippen LogP contribution in [0.15, 0.2) is 16.6 Å². The highest BCUT2D eigenvalue weighted by atomic mass is 79.9. The molecule has 0 saturated carbocycles. The number of rotatable bonds is 5. The number of likely N-dealkylation sites (tertiary alicyclic amines) is 1. The molecule has 0 radical (unpaired) electrons. The Morgan fingerprint density at radius 2 is 1.74 bits per heavy atom. The fourth-order valence-electron chi connectivity index (χ4n) is 3.39. The molecule has 0 spiro atoms. The summed E-state index contributed by atoms with van der Waals surface area (Å²) in [5.74, 6) is 0. The maximum absolute atomic E-state index is 11.3. The molecule has 0 amide bonds. The van der Waals surface area contributed by atoms with Gasteiger partial charge in [0.1, 0.15) is 6.29 Å². The van der Waals surface area contributed by atoms with E-state index in [4.69, 9.17) is 0 Å². The third kappa shape index (κ3) is 3.67. The monoisotopic (exact) mass is 375 g/mol. The summed E-state index contributed by atoms with van der Waals surface area (Å²) in [5.41, 5.74) is 6.43. The van der Waals surface area contributed by atoms with E-state index in [9.17, 15) is 4.79 Å². The van der Waals surface area contributed by atoms with Crippen LogP contribution in [0.1, 0.15) is 54.5 Å². The maximum Gasteiger partial charge on any atom is 0.137 e. The second-order valence-electron chi connectivity index (χ2n) is 6.19. The number of carbonyl (C=O) groups is 1. The van der Waals surface area contributed by atoms with E-state index in [0.717, 1.165) is 36.7 Å². The lowest BCUT2D eigenvalue weighted by Gasteiger charge is -2.25. The molecule has 1 atom stereocenters. The Hall–Kier alpha value is -1.19. The first-order valence-electron chi connectivity index (χ1n) is 8.31. The van der Waals surface area contributed by atoms with Crippen LogP contribution in [0.2, 0.25) is 0 Å². The number of aldehydes is 1. The zero-order valence-electron chi connectivity index (χ0n) is 14.5. The smallest absolute Gasteiger partial charge is 0.137 e. The Balaban J connectivity index is 2.57. The Morgan fingerprint density at radius 1 is 1.13 bits per heavy atom. The summed E-state index contributed by atoms with van der Waals surface area (Å²) < 4.78 is 1.16. The quantitative estimate of drug-likeness (QED) is 0.651. The minimum absolute atomic E-state index is 0.0622. The van der Waals surface area contributed by atoms with Crippen LogP contribution in [0, 0.1) is 13.8 Å². The molecule has 1 aromatic rings. The average Bonchev–Trinajstić information content (AvgIpc) is 3.00. The highest BCUT2D eigenvalue weighted by Crippen LogP contribution is 2.35. The van der Waals surface area contributed by atoms with Crippen LogP contribution in [-0.2, 0) is 11.3 Å². The zero-order valence-corrected chi connectivity index (χ0v) is 16.1. The van der Waals surface area contributed by atoms with Crippen LogP contribution in [0.4, 0.5) is 0 Å². The van der Waals surface area contributed by atoms with Gasteiger partial charge in [-0.25, -0.2) is 0 Å². The van der Waals surface area contributed by atoms with E-state index in [1.165, 1.54) is 27.8 Å².